The van der Waals surface area contributed by atoms with Crippen molar-refractivity contribution in [2.24, 2.45) is 0 Å². The second kappa shape index (κ2) is 6.40. The summed E-state index contributed by atoms with van der Waals surface area (Å²) in [7, 11) is 5.88. The van der Waals surface area contributed by atoms with E-state index in [-0.39, 0.29) is 5.91 Å². The number of amides is 1. The molecule has 0 aliphatic heterocycles. The molecule has 0 N–H and O–H groups in total. The first-order valence-corrected chi connectivity index (χ1v) is 6.04. The second-order valence-corrected chi connectivity index (χ2v) is 4.54. The van der Waals surface area contributed by atoms with Crippen LogP contribution < -0.4 is 0 Å². The van der Waals surface area contributed by atoms with Gasteiger partial charge in [-0.15, -0.1) is 0 Å². The largest absolute Gasteiger partial charge is 0.340 e. The van der Waals surface area contributed by atoms with Crippen LogP contribution in [0.3, 0.4) is 0 Å². The molecule has 1 amide bonds. The molecular weight excluding hydrogens is 212 g/mol. The van der Waals surface area contributed by atoms with E-state index in [9.17, 15) is 4.79 Å². The number of rotatable bonds is 5. The van der Waals surface area contributed by atoms with Gasteiger partial charge in [0.1, 0.15) is 0 Å². The standard InChI is InChI=1S/C14H22N2O/c1-5-12-8-6-7-9-13(12)14(17)16(4)11-10-15(2)3/h6-9H,5,10-11H2,1-4H3. The third kappa shape index (κ3) is 3.86. The Labute approximate surface area is 104 Å². The lowest BCUT2D eigenvalue weighted by atomic mass is 10.0. The average molecular weight is 234 g/mol. The lowest BCUT2D eigenvalue weighted by Gasteiger charge is -2.20. The van der Waals surface area contributed by atoms with Crippen LogP contribution in [0, 0.1) is 0 Å². The third-order valence-corrected chi connectivity index (χ3v) is 2.86. The SMILES string of the molecule is CCc1ccccc1C(=O)N(C)CCN(C)C. The smallest absolute Gasteiger partial charge is 0.253 e. The highest BCUT2D eigenvalue weighted by atomic mass is 16.2. The number of hydrogen-bond acceptors (Lipinski definition) is 2. The summed E-state index contributed by atoms with van der Waals surface area (Å²) in [6.07, 6.45) is 0.892. The Morgan fingerprint density at radius 3 is 2.35 bits per heavy atom. The Kier molecular flexibility index (Phi) is 5.16. The van der Waals surface area contributed by atoms with E-state index >= 15 is 0 Å². The first-order chi connectivity index (χ1) is 8.06. The Bertz CT molecular complexity index is 374. The van der Waals surface area contributed by atoms with Gasteiger partial charge in [0.15, 0.2) is 0 Å². The van der Waals surface area contributed by atoms with Crippen molar-refractivity contribution in [3.05, 3.63) is 35.4 Å². The van der Waals surface area contributed by atoms with Gasteiger partial charge in [0.2, 0.25) is 0 Å². The van der Waals surface area contributed by atoms with Gasteiger partial charge in [0, 0.05) is 25.7 Å². The molecule has 0 aliphatic carbocycles. The fourth-order valence-corrected chi connectivity index (χ4v) is 1.69. The van der Waals surface area contributed by atoms with Crippen LogP contribution in [0.2, 0.25) is 0 Å². The molecule has 1 rings (SSSR count). The number of likely N-dealkylation sites (N-methyl/N-ethyl adjacent to an activating group) is 2. The summed E-state index contributed by atoms with van der Waals surface area (Å²) in [5, 5.41) is 0. The summed E-state index contributed by atoms with van der Waals surface area (Å²) < 4.78 is 0. The summed E-state index contributed by atoms with van der Waals surface area (Å²) in [5.74, 6) is 0.115. The van der Waals surface area contributed by atoms with Crippen LogP contribution in [0.4, 0.5) is 0 Å². The maximum atomic E-state index is 12.2. The van der Waals surface area contributed by atoms with Crippen molar-refractivity contribution in [2.45, 2.75) is 13.3 Å². The normalized spacial score (nSPS) is 10.6. The van der Waals surface area contributed by atoms with Crippen molar-refractivity contribution in [1.82, 2.24) is 9.80 Å². The highest BCUT2D eigenvalue weighted by molar-refractivity contribution is 5.95. The average Bonchev–Trinajstić information content (AvgIpc) is 2.34. The van der Waals surface area contributed by atoms with E-state index in [1.54, 1.807) is 4.90 Å². The van der Waals surface area contributed by atoms with Crippen LogP contribution in [0.15, 0.2) is 24.3 Å². The Morgan fingerprint density at radius 1 is 1.12 bits per heavy atom. The van der Waals surface area contributed by atoms with Gasteiger partial charge in [-0.25, -0.2) is 0 Å². The molecule has 94 valence electrons. The third-order valence-electron chi connectivity index (χ3n) is 2.86. The number of nitrogens with zero attached hydrogens (tertiary/aromatic N) is 2. The van der Waals surface area contributed by atoms with Crippen LogP contribution in [0.5, 0.6) is 0 Å². The lowest BCUT2D eigenvalue weighted by Crippen LogP contribution is -2.33. The van der Waals surface area contributed by atoms with E-state index in [4.69, 9.17) is 0 Å². The molecule has 1 aromatic rings. The van der Waals surface area contributed by atoms with Crippen molar-refractivity contribution in [3.63, 3.8) is 0 Å². The molecule has 0 saturated heterocycles. The number of benzene rings is 1. The van der Waals surface area contributed by atoms with Gasteiger partial charge >= 0.3 is 0 Å². The molecule has 0 radical (unpaired) electrons. The van der Waals surface area contributed by atoms with Crippen LogP contribution in [-0.2, 0) is 6.42 Å². The van der Waals surface area contributed by atoms with Gasteiger partial charge in [-0.2, -0.15) is 0 Å². The zero-order valence-corrected chi connectivity index (χ0v) is 11.2. The number of aryl methyl sites for hydroxylation is 1. The first kappa shape index (κ1) is 13.7. The van der Waals surface area contributed by atoms with Gasteiger partial charge in [-0.1, -0.05) is 25.1 Å². The Balaban J connectivity index is 2.74. The number of hydrogen-bond donors (Lipinski definition) is 0. The van der Waals surface area contributed by atoms with E-state index in [1.807, 2.05) is 45.4 Å². The molecule has 0 spiro atoms. The van der Waals surface area contributed by atoms with Gasteiger partial charge in [0.05, 0.1) is 0 Å². The van der Waals surface area contributed by atoms with E-state index in [0.717, 1.165) is 30.6 Å². The van der Waals surface area contributed by atoms with E-state index in [2.05, 4.69) is 11.8 Å². The summed E-state index contributed by atoms with van der Waals surface area (Å²) in [5.41, 5.74) is 1.95. The molecular formula is C14H22N2O. The second-order valence-electron chi connectivity index (χ2n) is 4.54. The van der Waals surface area contributed by atoms with E-state index < -0.39 is 0 Å². The van der Waals surface area contributed by atoms with Crippen molar-refractivity contribution < 1.29 is 4.79 Å². The van der Waals surface area contributed by atoms with E-state index in [1.165, 1.54) is 0 Å². The minimum Gasteiger partial charge on any atom is -0.340 e. The predicted molar refractivity (Wildman–Crippen MR) is 71.3 cm³/mol. The van der Waals surface area contributed by atoms with Crippen molar-refractivity contribution in [1.29, 1.82) is 0 Å². The molecule has 0 aliphatic rings. The summed E-state index contributed by atoms with van der Waals surface area (Å²) >= 11 is 0. The van der Waals surface area contributed by atoms with Crippen LogP contribution in [0.25, 0.3) is 0 Å². The molecule has 17 heavy (non-hydrogen) atoms. The van der Waals surface area contributed by atoms with Crippen molar-refractivity contribution >= 4 is 5.91 Å². The zero-order valence-electron chi connectivity index (χ0n) is 11.2. The molecule has 3 nitrogen and oxygen atoms in total. The van der Waals surface area contributed by atoms with Crippen LogP contribution in [0.1, 0.15) is 22.8 Å². The number of carbonyl (C=O) groups excluding carboxylic acids is 1. The fraction of sp³-hybridized carbons (Fsp3) is 0.500. The minimum absolute atomic E-state index is 0.115. The summed E-state index contributed by atoms with van der Waals surface area (Å²) in [4.78, 5) is 16.1. The lowest BCUT2D eigenvalue weighted by molar-refractivity contribution is 0.0785. The van der Waals surface area contributed by atoms with Crippen LogP contribution in [-0.4, -0.2) is 49.9 Å². The predicted octanol–water partition coefficient (Wildman–Crippen LogP) is 1.88. The highest BCUT2D eigenvalue weighted by Crippen LogP contribution is 2.11. The van der Waals surface area contributed by atoms with Crippen LogP contribution >= 0.6 is 0 Å². The van der Waals surface area contributed by atoms with Gasteiger partial charge in [-0.05, 0) is 32.1 Å². The number of carbonyl (C=O) groups is 1. The Morgan fingerprint density at radius 2 is 1.76 bits per heavy atom. The van der Waals surface area contributed by atoms with Crippen molar-refractivity contribution in [3.8, 4) is 0 Å². The summed E-state index contributed by atoms with van der Waals surface area (Å²) in [6.45, 7) is 3.71. The molecule has 1 aromatic carbocycles. The maximum Gasteiger partial charge on any atom is 0.253 e. The van der Waals surface area contributed by atoms with Gasteiger partial charge in [0.25, 0.3) is 5.91 Å². The maximum absolute atomic E-state index is 12.2. The van der Waals surface area contributed by atoms with Gasteiger partial charge in [-0.3, -0.25) is 4.79 Å². The molecule has 0 aromatic heterocycles. The Hall–Kier alpha value is -1.35. The molecule has 0 bridgehead atoms. The highest BCUT2D eigenvalue weighted by Gasteiger charge is 2.14. The zero-order chi connectivity index (χ0) is 12.8. The summed E-state index contributed by atoms with van der Waals surface area (Å²) in [6, 6.07) is 7.84. The topological polar surface area (TPSA) is 23.6 Å². The fourth-order valence-electron chi connectivity index (χ4n) is 1.69. The molecule has 3 heteroatoms. The molecule has 0 unspecified atom stereocenters. The molecule has 0 fully saturated rings. The van der Waals surface area contributed by atoms with Gasteiger partial charge < -0.3 is 9.80 Å². The van der Waals surface area contributed by atoms with Crippen molar-refractivity contribution in [2.75, 3.05) is 34.2 Å². The molecule has 0 heterocycles. The quantitative estimate of drug-likeness (QED) is 0.776. The molecule has 0 saturated carbocycles. The first-order valence-electron chi connectivity index (χ1n) is 6.04. The monoisotopic (exact) mass is 234 g/mol. The molecule has 0 atom stereocenters. The minimum atomic E-state index is 0.115. The van der Waals surface area contributed by atoms with E-state index in [0.29, 0.717) is 0 Å².